The second-order valence-electron chi connectivity index (χ2n) is 5.88. The molecule has 1 aromatic carbocycles. The Morgan fingerprint density at radius 3 is 2.40 bits per heavy atom. The second-order valence-corrected chi connectivity index (χ2v) is 7.85. The van der Waals surface area contributed by atoms with Crippen LogP contribution in [0.25, 0.3) is 0 Å². The molecular formula is C15H24N2O2S. The molecule has 1 aliphatic rings. The van der Waals surface area contributed by atoms with E-state index in [0.29, 0.717) is 24.9 Å². The van der Waals surface area contributed by atoms with Crippen LogP contribution in [0.4, 0.5) is 0 Å². The molecule has 1 aliphatic heterocycles. The van der Waals surface area contributed by atoms with Crippen molar-refractivity contribution in [2.24, 2.45) is 11.8 Å². The van der Waals surface area contributed by atoms with Crippen LogP contribution in [-0.4, -0.2) is 32.9 Å². The van der Waals surface area contributed by atoms with Crippen molar-refractivity contribution in [2.75, 3.05) is 20.1 Å². The third kappa shape index (κ3) is 3.59. The minimum atomic E-state index is -3.20. The van der Waals surface area contributed by atoms with E-state index in [1.165, 1.54) is 0 Å². The number of benzene rings is 1. The summed E-state index contributed by atoms with van der Waals surface area (Å²) in [6.45, 7) is 6.30. The molecule has 0 saturated carbocycles. The molecule has 1 N–H and O–H groups in total. The van der Waals surface area contributed by atoms with Gasteiger partial charge in [-0.3, -0.25) is 0 Å². The fourth-order valence-electron chi connectivity index (χ4n) is 2.64. The van der Waals surface area contributed by atoms with Crippen LogP contribution in [0.5, 0.6) is 0 Å². The van der Waals surface area contributed by atoms with E-state index in [2.05, 4.69) is 19.2 Å². The van der Waals surface area contributed by atoms with Crippen LogP contribution < -0.4 is 5.32 Å². The van der Waals surface area contributed by atoms with Crippen molar-refractivity contribution in [2.45, 2.75) is 26.1 Å². The molecule has 112 valence electrons. The molecule has 2 atom stereocenters. The van der Waals surface area contributed by atoms with Gasteiger partial charge in [-0.2, -0.15) is 0 Å². The third-order valence-electron chi connectivity index (χ3n) is 4.07. The van der Waals surface area contributed by atoms with E-state index >= 15 is 0 Å². The summed E-state index contributed by atoms with van der Waals surface area (Å²) in [4.78, 5) is 0. The number of nitrogens with one attached hydrogen (secondary N) is 1. The molecule has 1 fully saturated rings. The Bertz CT molecular complexity index is 547. The lowest BCUT2D eigenvalue weighted by Gasteiger charge is -2.16. The molecule has 0 amide bonds. The summed E-state index contributed by atoms with van der Waals surface area (Å²) in [7, 11) is -1.31. The lowest BCUT2D eigenvalue weighted by molar-refractivity contribution is 0.462. The van der Waals surface area contributed by atoms with E-state index in [9.17, 15) is 8.42 Å². The predicted octanol–water partition coefficient (Wildman–Crippen LogP) is 1.82. The second kappa shape index (κ2) is 6.24. The van der Waals surface area contributed by atoms with E-state index in [4.69, 9.17) is 0 Å². The maximum absolute atomic E-state index is 12.5. The highest BCUT2D eigenvalue weighted by Crippen LogP contribution is 2.26. The summed E-state index contributed by atoms with van der Waals surface area (Å²) in [5.41, 5.74) is 1.98. The van der Waals surface area contributed by atoms with Crippen LogP contribution >= 0.6 is 0 Å². The van der Waals surface area contributed by atoms with Crippen LogP contribution in [0.15, 0.2) is 24.3 Å². The number of hydrogen-bond donors (Lipinski definition) is 1. The molecule has 0 aromatic heterocycles. The standard InChI is InChI=1S/C15H24N2O2S/c1-12-9-17(10-13(12)2)20(18,19)11-15-6-4-5-14(7-15)8-16-3/h4-7,12-13,16H,8-11H2,1-3H3. The van der Waals surface area contributed by atoms with E-state index in [1.807, 2.05) is 31.3 Å². The molecule has 2 unspecified atom stereocenters. The molecule has 0 aliphatic carbocycles. The minimum absolute atomic E-state index is 0.101. The van der Waals surface area contributed by atoms with Gasteiger partial charge in [-0.05, 0) is 30.0 Å². The molecule has 0 radical (unpaired) electrons. The summed E-state index contributed by atoms with van der Waals surface area (Å²) in [6.07, 6.45) is 0. The van der Waals surface area contributed by atoms with Gasteiger partial charge in [-0.15, -0.1) is 0 Å². The van der Waals surface area contributed by atoms with E-state index < -0.39 is 10.0 Å². The Kier molecular flexibility index (Phi) is 4.83. The fourth-order valence-corrected chi connectivity index (χ4v) is 4.35. The van der Waals surface area contributed by atoms with Gasteiger partial charge in [0.1, 0.15) is 0 Å². The summed E-state index contributed by atoms with van der Waals surface area (Å²) < 4.78 is 26.6. The molecule has 1 heterocycles. The molecule has 0 bridgehead atoms. The van der Waals surface area contributed by atoms with Gasteiger partial charge in [-0.1, -0.05) is 38.1 Å². The zero-order valence-electron chi connectivity index (χ0n) is 12.5. The Hall–Kier alpha value is -0.910. The molecule has 1 aromatic rings. The van der Waals surface area contributed by atoms with Crippen LogP contribution in [0.1, 0.15) is 25.0 Å². The van der Waals surface area contributed by atoms with Crippen molar-refractivity contribution in [1.82, 2.24) is 9.62 Å². The number of nitrogens with zero attached hydrogens (tertiary/aromatic N) is 1. The predicted molar refractivity (Wildman–Crippen MR) is 81.7 cm³/mol. The van der Waals surface area contributed by atoms with Gasteiger partial charge in [0.2, 0.25) is 10.0 Å². The molecule has 2 rings (SSSR count). The monoisotopic (exact) mass is 296 g/mol. The van der Waals surface area contributed by atoms with Crippen molar-refractivity contribution in [3.63, 3.8) is 0 Å². The highest BCUT2D eigenvalue weighted by atomic mass is 32.2. The SMILES string of the molecule is CNCc1cccc(CS(=O)(=O)N2CC(C)C(C)C2)c1. The summed E-state index contributed by atoms with van der Waals surface area (Å²) in [6, 6.07) is 7.79. The quantitative estimate of drug-likeness (QED) is 0.902. The lowest BCUT2D eigenvalue weighted by atomic mass is 10.0. The highest BCUT2D eigenvalue weighted by molar-refractivity contribution is 7.88. The van der Waals surface area contributed by atoms with Crippen LogP contribution in [0.2, 0.25) is 0 Å². The van der Waals surface area contributed by atoms with E-state index in [0.717, 1.165) is 17.7 Å². The Labute approximate surface area is 122 Å². The first-order valence-electron chi connectivity index (χ1n) is 7.12. The summed E-state index contributed by atoms with van der Waals surface area (Å²) in [5, 5.41) is 3.08. The van der Waals surface area contributed by atoms with Crippen molar-refractivity contribution < 1.29 is 8.42 Å². The molecular weight excluding hydrogens is 272 g/mol. The number of hydrogen-bond acceptors (Lipinski definition) is 3. The summed E-state index contributed by atoms with van der Waals surface area (Å²) >= 11 is 0. The molecule has 5 heteroatoms. The van der Waals surface area contributed by atoms with E-state index in [-0.39, 0.29) is 5.75 Å². The van der Waals surface area contributed by atoms with E-state index in [1.54, 1.807) is 4.31 Å². The van der Waals surface area contributed by atoms with Crippen LogP contribution in [0, 0.1) is 11.8 Å². The Balaban J connectivity index is 2.10. The zero-order valence-corrected chi connectivity index (χ0v) is 13.3. The fraction of sp³-hybridized carbons (Fsp3) is 0.600. The zero-order chi connectivity index (χ0) is 14.8. The van der Waals surface area contributed by atoms with Gasteiger partial charge in [0.25, 0.3) is 0 Å². The molecule has 4 nitrogen and oxygen atoms in total. The van der Waals surface area contributed by atoms with Crippen molar-refractivity contribution in [1.29, 1.82) is 0 Å². The van der Waals surface area contributed by atoms with Crippen LogP contribution in [0.3, 0.4) is 0 Å². The smallest absolute Gasteiger partial charge is 0.218 e. The Morgan fingerprint density at radius 2 is 1.80 bits per heavy atom. The molecule has 0 spiro atoms. The lowest BCUT2D eigenvalue weighted by Crippen LogP contribution is -2.30. The first-order valence-corrected chi connectivity index (χ1v) is 8.73. The number of sulfonamides is 1. The summed E-state index contributed by atoms with van der Waals surface area (Å²) in [5.74, 6) is 0.991. The third-order valence-corrected chi connectivity index (χ3v) is 5.85. The Morgan fingerprint density at radius 1 is 1.20 bits per heavy atom. The van der Waals surface area contributed by atoms with Gasteiger partial charge >= 0.3 is 0 Å². The largest absolute Gasteiger partial charge is 0.316 e. The minimum Gasteiger partial charge on any atom is -0.316 e. The molecule has 1 saturated heterocycles. The first kappa shape index (κ1) is 15.5. The van der Waals surface area contributed by atoms with Crippen molar-refractivity contribution >= 4 is 10.0 Å². The topological polar surface area (TPSA) is 49.4 Å². The molecule has 20 heavy (non-hydrogen) atoms. The average Bonchev–Trinajstić information content (AvgIpc) is 2.71. The van der Waals surface area contributed by atoms with Gasteiger partial charge in [0.15, 0.2) is 0 Å². The van der Waals surface area contributed by atoms with Gasteiger partial charge in [0, 0.05) is 19.6 Å². The average molecular weight is 296 g/mol. The normalized spacial score (nSPS) is 24.1. The van der Waals surface area contributed by atoms with Gasteiger partial charge in [-0.25, -0.2) is 12.7 Å². The first-order chi connectivity index (χ1) is 9.42. The van der Waals surface area contributed by atoms with Crippen molar-refractivity contribution in [3.05, 3.63) is 35.4 Å². The van der Waals surface area contributed by atoms with Crippen LogP contribution in [-0.2, 0) is 22.3 Å². The maximum Gasteiger partial charge on any atom is 0.218 e. The van der Waals surface area contributed by atoms with Crippen molar-refractivity contribution in [3.8, 4) is 0 Å². The van der Waals surface area contributed by atoms with Gasteiger partial charge in [0.05, 0.1) is 5.75 Å². The van der Waals surface area contributed by atoms with Gasteiger partial charge < -0.3 is 5.32 Å². The maximum atomic E-state index is 12.5. The highest BCUT2D eigenvalue weighted by Gasteiger charge is 2.33. The number of rotatable bonds is 5.